The molecule has 0 saturated carbocycles. The molecule has 10 nitrogen and oxygen atoms in total. The quantitative estimate of drug-likeness (QED) is 0.100. The predicted molar refractivity (Wildman–Crippen MR) is 138 cm³/mol. The van der Waals surface area contributed by atoms with E-state index >= 15 is 0 Å². The lowest BCUT2D eigenvalue weighted by Gasteiger charge is -2.21. The average Bonchev–Trinajstić information content (AvgIpc) is 2.81. The van der Waals surface area contributed by atoms with Crippen LogP contribution in [0.25, 0.3) is 0 Å². The Balaban J connectivity index is 3.78. The third-order valence-corrected chi connectivity index (χ3v) is 5.55. The first-order valence-corrected chi connectivity index (χ1v) is 13.2. The van der Waals surface area contributed by atoms with Crippen molar-refractivity contribution in [3.63, 3.8) is 0 Å². The molecule has 0 rings (SSSR count). The fourth-order valence-corrected chi connectivity index (χ4v) is 3.56. The maximum atomic E-state index is 12.4. The zero-order chi connectivity index (χ0) is 25.3. The molecule has 3 amide bonds. The number of hydrogen-bond donors (Lipinski definition) is 6. The van der Waals surface area contributed by atoms with Crippen LogP contribution < -0.4 is 33.2 Å². The van der Waals surface area contributed by atoms with E-state index in [1.54, 1.807) is 0 Å². The van der Waals surface area contributed by atoms with Gasteiger partial charge in [-0.15, -0.1) is 0 Å². The molecule has 0 aromatic heterocycles. The van der Waals surface area contributed by atoms with E-state index in [1.165, 1.54) is 4.90 Å². The summed E-state index contributed by atoms with van der Waals surface area (Å²) in [5.41, 5.74) is 16.3. The molecule has 0 saturated heterocycles. The van der Waals surface area contributed by atoms with Crippen LogP contribution in [0.3, 0.4) is 0 Å². The van der Waals surface area contributed by atoms with E-state index in [0.29, 0.717) is 19.6 Å². The summed E-state index contributed by atoms with van der Waals surface area (Å²) < 4.78 is 0. The Bertz CT molecular complexity index is 521. The summed E-state index contributed by atoms with van der Waals surface area (Å²) in [7, 11) is 0. The van der Waals surface area contributed by atoms with Crippen LogP contribution in [0.15, 0.2) is 0 Å². The third kappa shape index (κ3) is 22.1. The fourth-order valence-electron chi connectivity index (χ4n) is 3.56. The van der Waals surface area contributed by atoms with Crippen LogP contribution in [-0.2, 0) is 14.4 Å². The van der Waals surface area contributed by atoms with Gasteiger partial charge in [-0.2, -0.15) is 0 Å². The van der Waals surface area contributed by atoms with E-state index in [0.717, 1.165) is 103 Å². The van der Waals surface area contributed by atoms with Gasteiger partial charge >= 0.3 is 0 Å². The molecule has 10 heteroatoms. The van der Waals surface area contributed by atoms with Crippen molar-refractivity contribution in [2.24, 2.45) is 17.2 Å². The molecule has 0 aliphatic heterocycles. The number of carbonyl (C=O) groups excluding carboxylic acids is 3. The van der Waals surface area contributed by atoms with Crippen molar-refractivity contribution >= 4 is 17.7 Å². The van der Waals surface area contributed by atoms with Crippen LogP contribution in [0.2, 0.25) is 0 Å². The van der Waals surface area contributed by atoms with E-state index < -0.39 is 5.91 Å². The molecule has 0 aliphatic rings. The minimum Gasteiger partial charge on any atom is -0.368 e. The Morgan fingerprint density at radius 2 is 1.12 bits per heavy atom. The molecule has 0 heterocycles. The highest BCUT2D eigenvalue weighted by Crippen LogP contribution is 2.03. The lowest BCUT2D eigenvalue weighted by atomic mass is 10.2. The summed E-state index contributed by atoms with van der Waals surface area (Å²) in [5, 5.41) is 9.24. The van der Waals surface area contributed by atoms with Crippen molar-refractivity contribution < 1.29 is 14.4 Å². The summed E-state index contributed by atoms with van der Waals surface area (Å²) in [5.74, 6) is -0.575. The molecule has 0 bridgehead atoms. The number of nitrogens with one attached hydrogen (secondary N) is 3. The first-order chi connectivity index (χ1) is 16.5. The van der Waals surface area contributed by atoms with Crippen molar-refractivity contribution in [2.45, 2.75) is 77.0 Å². The molecule has 9 N–H and O–H groups in total. The smallest absolute Gasteiger partial charge is 0.237 e. The van der Waals surface area contributed by atoms with Crippen LogP contribution in [0.5, 0.6) is 0 Å². The van der Waals surface area contributed by atoms with E-state index in [1.807, 2.05) is 0 Å². The van der Waals surface area contributed by atoms with E-state index in [4.69, 9.17) is 17.2 Å². The second kappa shape index (κ2) is 24.4. The Kier molecular flexibility index (Phi) is 23.1. The third-order valence-electron chi connectivity index (χ3n) is 5.55. The second-order valence-corrected chi connectivity index (χ2v) is 8.81. The largest absolute Gasteiger partial charge is 0.368 e. The minimum atomic E-state index is -0.498. The summed E-state index contributed by atoms with van der Waals surface area (Å²) >= 11 is 0. The van der Waals surface area contributed by atoms with Gasteiger partial charge in [-0.1, -0.05) is 38.5 Å². The predicted octanol–water partition coefficient (Wildman–Crippen LogP) is 0.194. The molecule has 200 valence electrons. The molecular formula is C24H51N7O3. The zero-order valence-electron chi connectivity index (χ0n) is 21.3. The van der Waals surface area contributed by atoms with Gasteiger partial charge in [0, 0.05) is 13.1 Å². The van der Waals surface area contributed by atoms with E-state index in [2.05, 4.69) is 16.0 Å². The van der Waals surface area contributed by atoms with Crippen LogP contribution in [-0.4, -0.2) is 81.5 Å². The topological polar surface area (TPSA) is 169 Å². The summed E-state index contributed by atoms with van der Waals surface area (Å²) in [4.78, 5) is 37.1. The van der Waals surface area contributed by atoms with Crippen molar-refractivity contribution in [1.82, 2.24) is 20.9 Å². The molecule has 0 aromatic rings. The Hall–Kier alpha value is -1.75. The Morgan fingerprint density at radius 1 is 0.618 bits per heavy atom. The maximum absolute atomic E-state index is 12.4. The molecule has 0 spiro atoms. The fraction of sp³-hybridized carbons (Fsp3) is 0.875. The summed E-state index contributed by atoms with van der Waals surface area (Å²) in [6.07, 6.45) is 12.2. The number of unbranched alkanes of at least 4 members (excludes halogenated alkanes) is 9. The number of carbonyl (C=O) groups is 3. The van der Waals surface area contributed by atoms with Gasteiger partial charge in [0.1, 0.15) is 0 Å². The van der Waals surface area contributed by atoms with Crippen molar-refractivity contribution in [3.8, 4) is 0 Å². The molecule has 0 atom stereocenters. The molecular weight excluding hydrogens is 434 g/mol. The second-order valence-electron chi connectivity index (χ2n) is 8.81. The van der Waals surface area contributed by atoms with Gasteiger partial charge in [0.25, 0.3) is 0 Å². The van der Waals surface area contributed by atoms with E-state index in [-0.39, 0.29) is 24.9 Å². The van der Waals surface area contributed by atoms with Crippen LogP contribution >= 0.6 is 0 Å². The number of primary amides is 1. The van der Waals surface area contributed by atoms with Crippen molar-refractivity contribution in [3.05, 3.63) is 0 Å². The highest BCUT2D eigenvalue weighted by atomic mass is 16.2. The number of rotatable bonds is 25. The number of nitrogens with zero attached hydrogens (tertiary/aromatic N) is 1. The van der Waals surface area contributed by atoms with Gasteiger partial charge in [-0.25, -0.2) is 0 Å². The monoisotopic (exact) mass is 485 g/mol. The SMILES string of the molecule is NCCCCCCNCC(=O)NCCCCCCN(CC(N)=O)C(=O)CNCCCCCCN. The zero-order valence-corrected chi connectivity index (χ0v) is 21.3. The van der Waals surface area contributed by atoms with Gasteiger partial charge in [-0.05, 0) is 64.7 Å². The molecule has 34 heavy (non-hydrogen) atoms. The van der Waals surface area contributed by atoms with Crippen molar-refractivity contribution in [2.75, 3.05) is 58.9 Å². The molecule has 0 aromatic carbocycles. The summed E-state index contributed by atoms with van der Waals surface area (Å²) in [6.45, 7) is 4.77. The van der Waals surface area contributed by atoms with Gasteiger partial charge in [-0.3, -0.25) is 14.4 Å². The number of nitrogens with two attached hydrogens (primary N) is 3. The highest BCUT2D eigenvalue weighted by Gasteiger charge is 2.14. The number of hydrogen-bond acceptors (Lipinski definition) is 7. The highest BCUT2D eigenvalue weighted by molar-refractivity contribution is 5.84. The lowest BCUT2D eigenvalue weighted by molar-refractivity contribution is -0.134. The standard InChI is InChI=1S/C24H51N7O3/c25-13-7-1-3-9-15-28-19-23(33)30-17-11-5-6-12-18-31(21-22(27)32)24(34)20-29-16-10-4-2-8-14-26/h28-29H,1-21,25-26H2,(H2,27,32)(H,30,33). The van der Waals surface area contributed by atoms with Gasteiger partial charge in [0.2, 0.25) is 17.7 Å². The molecule has 0 unspecified atom stereocenters. The molecule has 0 fully saturated rings. The first-order valence-electron chi connectivity index (χ1n) is 13.2. The van der Waals surface area contributed by atoms with E-state index in [9.17, 15) is 14.4 Å². The van der Waals surface area contributed by atoms with Crippen LogP contribution in [0, 0.1) is 0 Å². The number of amides is 3. The van der Waals surface area contributed by atoms with Gasteiger partial charge in [0.05, 0.1) is 19.6 Å². The minimum absolute atomic E-state index is 0.0204. The van der Waals surface area contributed by atoms with Crippen molar-refractivity contribution in [1.29, 1.82) is 0 Å². The first kappa shape index (κ1) is 32.2. The Morgan fingerprint density at radius 3 is 1.68 bits per heavy atom. The maximum Gasteiger partial charge on any atom is 0.237 e. The molecule has 0 radical (unpaired) electrons. The average molecular weight is 486 g/mol. The normalized spacial score (nSPS) is 10.9. The van der Waals surface area contributed by atoms with Gasteiger partial charge < -0.3 is 38.1 Å². The summed E-state index contributed by atoms with van der Waals surface area (Å²) in [6, 6.07) is 0. The van der Waals surface area contributed by atoms with Crippen LogP contribution in [0.1, 0.15) is 77.0 Å². The van der Waals surface area contributed by atoms with Gasteiger partial charge in [0.15, 0.2) is 0 Å². The van der Waals surface area contributed by atoms with Crippen LogP contribution in [0.4, 0.5) is 0 Å². The lowest BCUT2D eigenvalue weighted by Crippen LogP contribution is -2.43. The Labute approximate surface area is 206 Å². The molecule has 0 aliphatic carbocycles.